The van der Waals surface area contributed by atoms with Crippen LogP contribution in [0.25, 0.3) is 22.2 Å². The van der Waals surface area contributed by atoms with E-state index in [-0.39, 0.29) is 17.7 Å². The number of alkyl halides is 3. The standard InChI is InChI=1S/C25H21F3N4O3S.H2O/c26-25(27,28)18-7-9-20(29-15-18)17-12-19(31-30-14-17)8-10-22(33)21-5-3-11-32(21)36(34)24-13-16-4-1-2-6-23(16)35-24;/h1-2,4,6-7,9,12-15,21H,3,5,8,10-11H2;1H2. The number of aryl methyl sites for hydroxylation is 1. The Kier molecular flexibility index (Phi) is 7.81. The Bertz CT molecular complexity index is 1390. The molecule has 4 heterocycles. The summed E-state index contributed by atoms with van der Waals surface area (Å²) in [5, 5.41) is 9.13. The van der Waals surface area contributed by atoms with Gasteiger partial charge in [-0.2, -0.15) is 23.4 Å². The number of pyridine rings is 1. The zero-order valence-corrected chi connectivity index (χ0v) is 20.3. The van der Waals surface area contributed by atoms with Gasteiger partial charge in [-0.15, -0.1) is 0 Å². The summed E-state index contributed by atoms with van der Waals surface area (Å²) in [7, 11) is -1.60. The lowest BCUT2D eigenvalue weighted by Crippen LogP contribution is -2.37. The van der Waals surface area contributed by atoms with Gasteiger partial charge in [0.05, 0.1) is 29.2 Å². The third-order valence-electron chi connectivity index (χ3n) is 6.08. The zero-order valence-electron chi connectivity index (χ0n) is 19.4. The Morgan fingerprint density at radius 2 is 1.95 bits per heavy atom. The molecule has 0 saturated carbocycles. The van der Waals surface area contributed by atoms with Gasteiger partial charge in [0.15, 0.2) is 16.8 Å². The quantitative estimate of drug-likeness (QED) is 0.352. The summed E-state index contributed by atoms with van der Waals surface area (Å²) in [5.41, 5.74) is 1.16. The molecule has 3 aromatic heterocycles. The lowest BCUT2D eigenvalue weighted by Gasteiger charge is -2.20. The normalized spacial score (nSPS) is 17.0. The first-order valence-electron chi connectivity index (χ1n) is 11.3. The predicted molar refractivity (Wildman–Crippen MR) is 130 cm³/mol. The van der Waals surface area contributed by atoms with E-state index in [2.05, 4.69) is 15.2 Å². The van der Waals surface area contributed by atoms with Crippen LogP contribution in [-0.2, 0) is 28.4 Å². The molecule has 2 atom stereocenters. The molecule has 4 aromatic rings. The second kappa shape index (κ2) is 10.9. The first-order chi connectivity index (χ1) is 17.3. The van der Waals surface area contributed by atoms with Gasteiger partial charge in [0.25, 0.3) is 0 Å². The lowest BCUT2D eigenvalue weighted by atomic mass is 10.0. The number of carbonyl (C=O) groups is 1. The second-order valence-corrected chi connectivity index (χ2v) is 9.85. The number of halogens is 3. The average molecular weight is 533 g/mol. The summed E-state index contributed by atoms with van der Waals surface area (Å²) in [5.74, 6) is -0.0585. The van der Waals surface area contributed by atoms with E-state index in [9.17, 15) is 22.2 Å². The molecule has 0 amide bonds. The number of nitrogens with zero attached hydrogens (tertiary/aromatic N) is 4. The molecule has 1 fully saturated rings. The van der Waals surface area contributed by atoms with Crippen molar-refractivity contribution in [2.75, 3.05) is 6.54 Å². The molecular formula is C25H23F3N4O4S. The Hall–Kier alpha value is -3.48. The van der Waals surface area contributed by atoms with E-state index < -0.39 is 28.8 Å². The van der Waals surface area contributed by atoms with Crippen molar-refractivity contribution in [1.82, 2.24) is 19.5 Å². The van der Waals surface area contributed by atoms with Crippen molar-refractivity contribution < 1.29 is 32.1 Å². The Labute approximate surface area is 212 Å². The van der Waals surface area contributed by atoms with E-state index in [0.29, 0.717) is 47.0 Å². The highest BCUT2D eigenvalue weighted by molar-refractivity contribution is 7.82. The van der Waals surface area contributed by atoms with Crippen molar-refractivity contribution >= 4 is 27.7 Å². The van der Waals surface area contributed by atoms with Crippen LogP contribution < -0.4 is 0 Å². The highest BCUT2D eigenvalue weighted by atomic mass is 32.2. The fourth-order valence-electron chi connectivity index (χ4n) is 4.24. The third kappa shape index (κ3) is 5.76. The molecule has 0 aliphatic carbocycles. The molecule has 12 heteroatoms. The molecule has 2 unspecified atom stereocenters. The summed E-state index contributed by atoms with van der Waals surface area (Å²) >= 11 is 0. The molecule has 5 rings (SSSR count). The molecular weight excluding hydrogens is 509 g/mol. The van der Waals surface area contributed by atoms with Crippen LogP contribution in [0.1, 0.15) is 30.5 Å². The van der Waals surface area contributed by atoms with Gasteiger partial charge in [0, 0.05) is 36.2 Å². The van der Waals surface area contributed by atoms with Crippen LogP contribution in [0.2, 0.25) is 0 Å². The summed E-state index contributed by atoms with van der Waals surface area (Å²) in [6.07, 6.45) is -0.468. The fraction of sp³-hybridized carbons (Fsp3) is 0.280. The molecule has 1 saturated heterocycles. The number of aromatic nitrogens is 3. The Balaban J connectivity index is 0.00000320. The van der Waals surface area contributed by atoms with Crippen LogP contribution in [0.4, 0.5) is 13.2 Å². The summed E-state index contributed by atoms with van der Waals surface area (Å²) < 4.78 is 59.0. The lowest BCUT2D eigenvalue weighted by molar-refractivity contribution is -0.137. The van der Waals surface area contributed by atoms with Crippen molar-refractivity contribution in [3.05, 3.63) is 72.2 Å². The summed E-state index contributed by atoms with van der Waals surface area (Å²) in [6.45, 7) is 0.523. The van der Waals surface area contributed by atoms with E-state index in [1.807, 2.05) is 18.2 Å². The number of rotatable bonds is 7. The molecule has 37 heavy (non-hydrogen) atoms. The van der Waals surface area contributed by atoms with Crippen LogP contribution in [0.5, 0.6) is 0 Å². The molecule has 0 spiro atoms. The number of furan rings is 1. The molecule has 194 valence electrons. The molecule has 2 N–H and O–H groups in total. The van der Waals surface area contributed by atoms with E-state index >= 15 is 0 Å². The second-order valence-electron chi connectivity index (χ2n) is 8.48. The molecule has 0 bridgehead atoms. The van der Waals surface area contributed by atoms with Gasteiger partial charge < -0.3 is 9.89 Å². The SMILES string of the molecule is O.O=C(CCc1cc(-c2ccc(C(F)(F)F)cn2)cnn1)C1CCCN1S(=O)c1cc2ccccc2o1. The van der Waals surface area contributed by atoms with Crippen LogP contribution in [0.3, 0.4) is 0 Å². The van der Waals surface area contributed by atoms with Gasteiger partial charge in [0.2, 0.25) is 5.09 Å². The number of hydrogen-bond acceptors (Lipinski definition) is 6. The van der Waals surface area contributed by atoms with Crippen molar-refractivity contribution in [2.24, 2.45) is 0 Å². The average Bonchev–Trinajstić information content (AvgIpc) is 3.54. The number of para-hydroxylation sites is 1. The largest absolute Gasteiger partial charge is 0.446 e. The molecule has 0 radical (unpaired) electrons. The molecule has 1 aliphatic heterocycles. The van der Waals surface area contributed by atoms with Crippen LogP contribution in [0.15, 0.2) is 70.4 Å². The first kappa shape index (κ1) is 26.6. The number of ketones is 1. The fourth-order valence-corrected chi connectivity index (χ4v) is 5.61. The molecule has 1 aliphatic rings. The number of hydrogen-bond donors (Lipinski definition) is 0. The van der Waals surface area contributed by atoms with E-state index in [1.54, 1.807) is 22.5 Å². The van der Waals surface area contributed by atoms with Gasteiger partial charge in [-0.05, 0) is 43.5 Å². The van der Waals surface area contributed by atoms with Gasteiger partial charge in [0.1, 0.15) is 5.58 Å². The summed E-state index contributed by atoms with van der Waals surface area (Å²) in [6, 6.07) is 12.5. The van der Waals surface area contributed by atoms with Gasteiger partial charge >= 0.3 is 6.18 Å². The minimum atomic E-state index is -4.46. The van der Waals surface area contributed by atoms with E-state index in [4.69, 9.17) is 4.42 Å². The van der Waals surface area contributed by atoms with Crippen molar-refractivity contribution in [3.63, 3.8) is 0 Å². The Morgan fingerprint density at radius 1 is 1.14 bits per heavy atom. The van der Waals surface area contributed by atoms with Crippen molar-refractivity contribution in [2.45, 2.75) is 43.0 Å². The third-order valence-corrected chi connectivity index (χ3v) is 7.49. The van der Waals surface area contributed by atoms with E-state index in [0.717, 1.165) is 24.1 Å². The minimum absolute atomic E-state index is 0. The summed E-state index contributed by atoms with van der Waals surface area (Å²) in [4.78, 5) is 16.9. The maximum atomic E-state index is 13.2. The van der Waals surface area contributed by atoms with Gasteiger partial charge in [-0.25, -0.2) is 8.51 Å². The predicted octanol–water partition coefficient (Wildman–Crippen LogP) is 4.17. The maximum absolute atomic E-state index is 13.2. The van der Waals surface area contributed by atoms with Gasteiger partial charge in [-0.3, -0.25) is 9.78 Å². The Morgan fingerprint density at radius 3 is 2.68 bits per heavy atom. The van der Waals surface area contributed by atoms with Crippen LogP contribution >= 0.6 is 0 Å². The molecule has 8 nitrogen and oxygen atoms in total. The monoisotopic (exact) mass is 532 g/mol. The highest BCUT2D eigenvalue weighted by Gasteiger charge is 2.35. The number of Topliss-reactive ketones (excluding diaryl/α,β-unsaturated/α-hetero) is 1. The van der Waals surface area contributed by atoms with E-state index in [1.165, 1.54) is 12.3 Å². The van der Waals surface area contributed by atoms with Crippen molar-refractivity contribution in [1.29, 1.82) is 0 Å². The topological polar surface area (TPSA) is 121 Å². The van der Waals surface area contributed by atoms with Crippen LogP contribution in [-0.4, -0.2) is 47.5 Å². The number of carbonyl (C=O) groups excluding carboxylic acids is 1. The smallest absolute Gasteiger partial charge is 0.417 e. The zero-order chi connectivity index (χ0) is 25.3. The maximum Gasteiger partial charge on any atom is 0.417 e. The number of fused-ring (bicyclic) bond motifs is 1. The van der Waals surface area contributed by atoms with Crippen LogP contribution in [0, 0.1) is 0 Å². The highest BCUT2D eigenvalue weighted by Crippen LogP contribution is 2.30. The number of benzene rings is 1. The first-order valence-corrected chi connectivity index (χ1v) is 12.5. The van der Waals surface area contributed by atoms with Crippen molar-refractivity contribution in [3.8, 4) is 11.3 Å². The van der Waals surface area contributed by atoms with Gasteiger partial charge in [-0.1, -0.05) is 18.2 Å². The minimum Gasteiger partial charge on any atom is -0.446 e. The molecule has 1 aromatic carbocycles.